The normalized spacial score (nSPS) is 12.5. The number of nitrogens with two attached hydrogens (primary N) is 1. The van der Waals surface area contributed by atoms with Crippen molar-refractivity contribution in [3.8, 4) is 0 Å². The summed E-state index contributed by atoms with van der Waals surface area (Å²) < 4.78 is 0. The van der Waals surface area contributed by atoms with Gasteiger partial charge in [0.2, 0.25) is 0 Å². The van der Waals surface area contributed by atoms with E-state index in [-0.39, 0.29) is 0 Å². The minimum Gasteiger partial charge on any atom is -0.393 e. The lowest BCUT2D eigenvalue weighted by molar-refractivity contribution is 0.524. The highest BCUT2D eigenvalue weighted by Gasteiger charge is 2.03. The molecule has 0 rings (SSSR count). The third kappa shape index (κ3) is 16.1. The number of hydrogen-bond donors (Lipinski definition) is 1. The van der Waals surface area contributed by atoms with Crippen LogP contribution in [0.5, 0.6) is 0 Å². The van der Waals surface area contributed by atoms with Gasteiger partial charge in [-0.1, -0.05) is 116 Å². The maximum atomic E-state index is 5.62. The molecular formula is C19H39NS. The molecule has 21 heavy (non-hydrogen) atoms. The molecule has 0 aliphatic rings. The maximum absolute atomic E-state index is 5.62. The molecule has 0 bridgehead atoms. The Bertz CT molecular complexity index is 228. The zero-order valence-electron chi connectivity index (χ0n) is 14.7. The summed E-state index contributed by atoms with van der Waals surface area (Å²) in [5.41, 5.74) is 5.62. The molecule has 1 atom stereocenters. The Morgan fingerprint density at radius 2 is 1.05 bits per heavy atom. The van der Waals surface area contributed by atoms with E-state index < -0.39 is 0 Å². The monoisotopic (exact) mass is 313 g/mol. The number of unbranched alkanes of at least 4 members (excludes halogenated alkanes) is 13. The van der Waals surface area contributed by atoms with Crippen LogP contribution >= 0.6 is 12.2 Å². The molecule has 0 saturated carbocycles. The molecule has 2 N–H and O–H groups in total. The fourth-order valence-electron chi connectivity index (χ4n) is 2.79. The number of rotatable bonds is 16. The molecular weight excluding hydrogens is 274 g/mol. The Hall–Kier alpha value is -0.110. The third-order valence-electron chi connectivity index (χ3n) is 4.48. The van der Waals surface area contributed by atoms with Crippen LogP contribution in [-0.4, -0.2) is 4.99 Å². The summed E-state index contributed by atoms with van der Waals surface area (Å²) in [6, 6.07) is 0. The van der Waals surface area contributed by atoms with Gasteiger partial charge >= 0.3 is 0 Å². The van der Waals surface area contributed by atoms with E-state index in [2.05, 4.69) is 13.8 Å². The van der Waals surface area contributed by atoms with Crippen molar-refractivity contribution in [1.82, 2.24) is 0 Å². The summed E-state index contributed by atoms with van der Waals surface area (Å²) in [5, 5.41) is 0. The molecule has 0 amide bonds. The van der Waals surface area contributed by atoms with Crippen LogP contribution in [0.3, 0.4) is 0 Å². The van der Waals surface area contributed by atoms with E-state index in [9.17, 15) is 0 Å². The van der Waals surface area contributed by atoms with Gasteiger partial charge in [0.25, 0.3) is 0 Å². The van der Waals surface area contributed by atoms with Crippen molar-refractivity contribution in [3.63, 3.8) is 0 Å². The Morgan fingerprint density at radius 3 is 1.38 bits per heavy atom. The molecule has 0 heterocycles. The Balaban J connectivity index is 3.04. The van der Waals surface area contributed by atoms with Crippen LogP contribution in [-0.2, 0) is 0 Å². The molecule has 126 valence electrons. The molecule has 0 aliphatic heterocycles. The van der Waals surface area contributed by atoms with Crippen molar-refractivity contribution in [2.24, 2.45) is 11.7 Å². The SMILES string of the molecule is CCCCCCCCCCCCCCCCC(C)C(N)=S. The maximum Gasteiger partial charge on any atom is 0.0755 e. The second-order valence-electron chi connectivity index (χ2n) is 6.69. The fourth-order valence-corrected chi connectivity index (χ4v) is 2.91. The second-order valence-corrected chi connectivity index (χ2v) is 7.16. The molecule has 0 saturated heterocycles. The molecule has 2 heteroatoms. The lowest BCUT2D eigenvalue weighted by Gasteiger charge is -2.08. The Labute approximate surface area is 139 Å². The molecule has 0 spiro atoms. The van der Waals surface area contributed by atoms with Crippen molar-refractivity contribution in [3.05, 3.63) is 0 Å². The highest BCUT2D eigenvalue weighted by atomic mass is 32.1. The molecule has 0 aliphatic carbocycles. The molecule has 1 nitrogen and oxygen atoms in total. The van der Waals surface area contributed by atoms with Crippen molar-refractivity contribution < 1.29 is 0 Å². The van der Waals surface area contributed by atoms with E-state index in [1.54, 1.807) is 0 Å². The average Bonchev–Trinajstić information content (AvgIpc) is 2.47. The first kappa shape index (κ1) is 20.9. The van der Waals surface area contributed by atoms with Crippen molar-refractivity contribution in [2.45, 2.75) is 110 Å². The largest absolute Gasteiger partial charge is 0.393 e. The fraction of sp³-hybridized carbons (Fsp3) is 0.947. The Morgan fingerprint density at radius 1 is 0.714 bits per heavy atom. The zero-order valence-corrected chi connectivity index (χ0v) is 15.5. The summed E-state index contributed by atoms with van der Waals surface area (Å²) in [7, 11) is 0. The summed E-state index contributed by atoms with van der Waals surface area (Å²) in [4.78, 5) is 0.685. The molecule has 0 aromatic carbocycles. The predicted octanol–water partition coefficient (Wildman–Crippen LogP) is 6.78. The van der Waals surface area contributed by atoms with Crippen LogP contribution in [0, 0.1) is 5.92 Å². The zero-order chi connectivity index (χ0) is 15.8. The van der Waals surface area contributed by atoms with Gasteiger partial charge in [-0.05, 0) is 6.42 Å². The van der Waals surface area contributed by atoms with Gasteiger partial charge in [-0.25, -0.2) is 0 Å². The van der Waals surface area contributed by atoms with E-state index in [4.69, 9.17) is 18.0 Å². The van der Waals surface area contributed by atoms with Gasteiger partial charge < -0.3 is 5.73 Å². The van der Waals surface area contributed by atoms with Gasteiger partial charge in [-0.2, -0.15) is 0 Å². The highest BCUT2D eigenvalue weighted by Crippen LogP contribution is 2.14. The van der Waals surface area contributed by atoms with Crippen molar-refractivity contribution in [1.29, 1.82) is 0 Å². The highest BCUT2D eigenvalue weighted by molar-refractivity contribution is 7.80. The quantitative estimate of drug-likeness (QED) is 0.251. The van der Waals surface area contributed by atoms with Crippen LogP contribution < -0.4 is 5.73 Å². The van der Waals surface area contributed by atoms with E-state index in [1.807, 2.05) is 0 Å². The Kier molecular flexibility index (Phi) is 16.2. The van der Waals surface area contributed by atoms with Crippen LogP contribution in [0.25, 0.3) is 0 Å². The average molecular weight is 314 g/mol. The molecule has 0 radical (unpaired) electrons. The third-order valence-corrected chi connectivity index (χ3v) is 4.88. The van der Waals surface area contributed by atoms with E-state index in [0.29, 0.717) is 10.9 Å². The van der Waals surface area contributed by atoms with Gasteiger partial charge in [0.15, 0.2) is 0 Å². The minimum atomic E-state index is 0.428. The summed E-state index contributed by atoms with van der Waals surface area (Å²) in [6.45, 7) is 4.43. The summed E-state index contributed by atoms with van der Waals surface area (Å²) in [6.07, 6.45) is 21.0. The van der Waals surface area contributed by atoms with Crippen LogP contribution in [0.4, 0.5) is 0 Å². The second kappa shape index (κ2) is 16.3. The predicted molar refractivity (Wildman–Crippen MR) is 101 cm³/mol. The van der Waals surface area contributed by atoms with E-state index in [0.717, 1.165) is 0 Å². The van der Waals surface area contributed by atoms with Crippen LogP contribution in [0.1, 0.15) is 110 Å². The van der Waals surface area contributed by atoms with Gasteiger partial charge in [-0.3, -0.25) is 0 Å². The minimum absolute atomic E-state index is 0.428. The lowest BCUT2D eigenvalue weighted by atomic mass is 10.0. The summed E-state index contributed by atoms with van der Waals surface area (Å²) in [5.74, 6) is 0.428. The first-order chi connectivity index (χ1) is 10.2. The molecule has 0 aromatic heterocycles. The van der Waals surface area contributed by atoms with Gasteiger partial charge in [0, 0.05) is 5.92 Å². The first-order valence-corrected chi connectivity index (χ1v) is 9.88. The summed E-state index contributed by atoms with van der Waals surface area (Å²) >= 11 is 5.00. The topological polar surface area (TPSA) is 26.0 Å². The number of thiocarbonyl (C=S) groups is 1. The van der Waals surface area contributed by atoms with E-state index in [1.165, 1.54) is 96.3 Å². The van der Waals surface area contributed by atoms with Crippen LogP contribution in [0.15, 0.2) is 0 Å². The standard InChI is InChI=1S/C19H39NS/c1-3-4-5-6-7-8-9-10-11-12-13-14-15-16-17-18(2)19(20)21/h18H,3-17H2,1-2H3,(H2,20,21). The molecule has 1 unspecified atom stereocenters. The molecule has 0 aromatic rings. The first-order valence-electron chi connectivity index (χ1n) is 9.47. The smallest absolute Gasteiger partial charge is 0.0755 e. The van der Waals surface area contributed by atoms with Crippen molar-refractivity contribution >= 4 is 17.2 Å². The lowest BCUT2D eigenvalue weighted by Crippen LogP contribution is -2.17. The van der Waals surface area contributed by atoms with Gasteiger partial charge in [0.1, 0.15) is 0 Å². The van der Waals surface area contributed by atoms with E-state index >= 15 is 0 Å². The molecule has 0 fully saturated rings. The number of hydrogen-bond acceptors (Lipinski definition) is 1. The van der Waals surface area contributed by atoms with Crippen LogP contribution in [0.2, 0.25) is 0 Å². The van der Waals surface area contributed by atoms with Gasteiger partial charge in [0.05, 0.1) is 4.99 Å². The van der Waals surface area contributed by atoms with Crippen molar-refractivity contribution in [2.75, 3.05) is 0 Å². The van der Waals surface area contributed by atoms with Gasteiger partial charge in [-0.15, -0.1) is 0 Å².